The van der Waals surface area contributed by atoms with Crippen molar-refractivity contribution >= 4 is 11.3 Å². The zero-order valence-electron chi connectivity index (χ0n) is 9.06. The molecule has 15 heavy (non-hydrogen) atoms. The van der Waals surface area contributed by atoms with Gasteiger partial charge in [-0.05, 0) is 32.0 Å². The van der Waals surface area contributed by atoms with Crippen LogP contribution in [0.25, 0.3) is 0 Å². The number of thiophene rings is 1. The second kappa shape index (κ2) is 3.47. The van der Waals surface area contributed by atoms with Crippen molar-refractivity contribution in [2.24, 2.45) is 7.05 Å². The first-order valence-electron chi connectivity index (χ1n) is 4.79. The SMILES string of the molecule is Cc1ccc(C(C)(O)c2ccn(C)n2)s1. The highest BCUT2D eigenvalue weighted by molar-refractivity contribution is 7.12. The Morgan fingerprint density at radius 3 is 2.60 bits per heavy atom. The lowest BCUT2D eigenvalue weighted by Crippen LogP contribution is -2.22. The van der Waals surface area contributed by atoms with E-state index >= 15 is 0 Å². The minimum Gasteiger partial charge on any atom is -0.378 e. The standard InChI is InChI=1S/C11H14N2OS/c1-8-4-5-10(15-8)11(2,14)9-6-7-13(3)12-9/h4-7,14H,1-3H3. The van der Waals surface area contributed by atoms with E-state index in [1.165, 1.54) is 4.88 Å². The van der Waals surface area contributed by atoms with E-state index in [-0.39, 0.29) is 0 Å². The van der Waals surface area contributed by atoms with E-state index in [1.807, 2.05) is 38.4 Å². The van der Waals surface area contributed by atoms with Crippen LogP contribution >= 0.6 is 11.3 Å². The van der Waals surface area contributed by atoms with E-state index in [4.69, 9.17) is 0 Å². The van der Waals surface area contributed by atoms with Gasteiger partial charge in [0.25, 0.3) is 0 Å². The minimum atomic E-state index is -0.986. The average molecular weight is 222 g/mol. The molecular formula is C11H14N2OS. The van der Waals surface area contributed by atoms with Crippen molar-refractivity contribution in [3.8, 4) is 0 Å². The largest absolute Gasteiger partial charge is 0.378 e. The van der Waals surface area contributed by atoms with E-state index in [0.29, 0.717) is 5.69 Å². The lowest BCUT2D eigenvalue weighted by molar-refractivity contribution is 0.101. The highest BCUT2D eigenvalue weighted by atomic mass is 32.1. The van der Waals surface area contributed by atoms with E-state index in [2.05, 4.69) is 5.10 Å². The molecule has 2 rings (SSSR count). The van der Waals surface area contributed by atoms with Gasteiger partial charge < -0.3 is 5.11 Å². The van der Waals surface area contributed by atoms with Gasteiger partial charge in [-0.1, -0.05) is 0 Å². The number of hydrogen-bond acceptors (Lipinski definition) is 3. The maximum absolute atomic E-state index is 10.4. The minimum absolute atomic E-state index is 0.687. The lowest BCUT2D eigenvalue weighted by atomic mass is 10.0. The Balaban J connectivity index is 2.42. The molecule has 0 aliphatic rings. The third kappa shape index (κ3) is 1.82. The van der Waals surface area contributed by atoms with Crippen molar-refractivity contribution in [1.29, 1.82) is 0 Å². The van der Waals surface area contributed by atoms with E-state index < -0.39 is 5.60 Å². The summed E-state index contributed by atoms with van der Waals surface area (Å²) in [6.07, 6.45) is 1.84. The molecule has 80 valence electrons. The summed E-state index contributed by atoms with van der Waals surface area (Å²) in [5, 5.41) is 14.7. The van der Waals surface area contributed by atoms with Gasteiger partial charge in [-0.3, -0.25) is 4.68 Å². The van der Waals surface area contributed by atoms with E-state index in [9.17, 15) is 5.11 Å². The molecule has 0 saturated carbocycles. The van der Waals surface area contributed by atoms with Gasteiger partial charge in [-0.2, -0.15) is 5.10 Å². The summed E-state index contributed by atoms with van der Waals surface area (Å²) in [7, 11) is 1.85. The molecule has 0 fully saturated rings. The van der Waals surface area contributed by atoms with Crippen LogP contribution in [0.15, 0.2) is 24.4 Å². The first-order valence-corrected chi connectivity index (χ1v) is 5.61. The van der Waals surface area contributed by atoms with E-state index in [1.54, 1.807) is 22.9 Å². The highest BCUT2D eigenvalue weighted by Gasteiger charge is 2.29. The third-order valence-corrected chi connectivity index (χ3v) is 3.64. The summed E-state index contributed by atoms with van der Waals surface area (Å²) in [6, 6.07) is 5.81. The molecule has 0 aliphatic heterocycles. The number of aromatic nitrogens is 2. The monoisotopic (exact) mass is 222 g/mol. The topological polar surface area (TPSA) is 38.0 Å². The first kappa shape index (κ1) is 10.4. The summed E-state index contributed by atoms with van der Waals surface area (Å²) in [4.78, 5) is 2.12. The smallest absolute Gasteiger partial charge is 0.140 e. The zero-order valence-corrected chi connectivity index (χ0v) is 9.88. The molecule has 2 aromatic heterocycles. The Bertz CT molecular complexity index is 428. The summed E-state index contributed by atoms with van der Waals surface area (Å²) in [5.74, 6) is 0. The van der Waals surface area contributed by atoms with Crippen molar-refractivity contribution in [3.63, 3.8) is 0 Å². The van der Waals surface area contributed by atoms with Gasteiger partial charge in [0, 0.05) is 23.0 Å². The van der Waals surface area contributed by atoms with E-state index in [0.717, 1.165) is 4.88 Å². The highest BCUT2D eigenvalue weighted by Crippen LogP contribution is 2.32. The summed E-state index contributed by atoms with van der Waals surface area (Å²) >= 11 is 1.60. The quantitative estimate of drug-likeness (QED) is 0.844. The maximum Gasteiger partial charge on any atom is 0.140 e. The molecule has 0 spiro atoms. The van der Waals surface area contributed by atoms with Gasteiger partial charge in [0.2, 0.25) is 0 Å². The molecule has 2 aromatic rings. The van der Waals surface area contributed by atoms with Crippen LogP contribution in [0.5, 0.6) is 0 Å². The number of aryl methyl sites for hydroxylation is 2. The molecule has 0 radical (unpaired) electrons. The predicted molar refractivity (Wildman–Crippen MR) is 60.9 cm³/mol. The molecule has 0 saturated heterocycles. The summed E-state index contributed by atoms with van der Waals surface area (Å²) < 4.78 is 1.70. The van der Waals surface area contributed by atoms with Crippen molar-refractivity contribution in [1.82, 2.24) is 9.78 Å². The zero-order chi connectivity index (χ0) is 11.1. The molecule has 3 nitrogen and oxygen atoms in total. The van der Waals surface area contributed by atoms with Gasteiger partial charge in [-0.25, -0.2) is 0 Å². The van der Waals surface area contributed by atoms with Crippen LogP contribution in [-0.4, -0.2) is 14.9 Å². The van der Waals surface area contributed by atoms with Crippen LogP contribution in [0, 0.1) is 6.92 Å². The molecular weight excluding hydrogens is 208 g/mol. The average Bonchev–Trinajstić information content (AvgIpc) is 2.74. The number of hydrogen-bond donors (Lipinski definition) is 1. The number of rotatable bonds is 2. The van der Waals surface area contributed by atoms with Gasteiger partial charge >= 0.3 is 0 Å². The second-order valence-electron chi connectivity index (χ2n) is 3.86. The Morgan fingerprint density at radius 2 is 2.13 bits per heavy atom. The van der Waals surface area contributed by atoms with Gasteiger partial charge in [0.1, 0.15) is 5.60 Å². The molecule has 0 aliphatic carbocycles. The fourth-order valence-corrected chi connectivity index (χ4v) is 2.42. The number of aliphatic hydroxyl groups is 1. The summed E-state index contributed by atoms with van der Waals surface area (Å²) in [6.45, 7) is 3.81. The molecule has 0 aromatic carbocycles. The fraction of sp³-hybridized carbons (Fsp3) is 0.364. The molecule has 1 unspecified atom stereocenters. The number of nitrogens with zero attached hydrogens (tertiary/aromatic N) is 2. The lowest BCUT2D eigenvalue weighted by Gasteiger charge is -2.19. The Kier molecular flexibility index (Phi) is 2.40. The normalized spacial score (nSPS) is 15.2. The van der Waals surface area contributed by atoms with Crippen LogP contribution in [-0.2, 0) is 12.6 Å². The maximum atomic E-state index is 10.4. The fourth-order valence-electron chi connectivity index (χ4n) is 1.50. The summed E-state index contributed by atoms with van der Waals surface area (Å²) in [5.41, 5.74) is -0.299. The van der Waals surface area contributed by atoms with Crippen molar-refractivity contribution in [2.45, 2.75) is 19.4 Å². The Morgan fingerprint density at radius 1 is 1.40 bits per heavy atom. The van der Waals surface area contributed by atoms with Crippen LogP contribution in [0.2, 0.25) is 0 Å². The van der Waals surface area contributed by atoms with Crippen molar-refractivity contribution < 1.29 is 5.11 Å². The van der Waals surface area contributed by atoms with Crippen LogP contribution < -0.4 is 0 Å². The van der Waals surface area contributed by atoms with Crippen LogP contribution in [0.4, 0.5) is 0 Å². The van der Waals surface area contributed by atoms with Gasteiger partial charge in [0.15, 0.2) is 0 Å². The molecule has 4 heteroatoms. The van der Waals surface area contributed by atoms with Crippen molar-refractivity contribution in [2.75, 3.05) is 0 Å². The van der Waals surface area contributed by atoms with Crippen LogP contribution in [0.3, 0.4) is 0 Å². The molecule has 1 atom stereocenters. The van der Waals surface area contributed by atoms with Gasteiger partial charge in [0.05, 0.1) is 5.69 Å². The van der Waals surface area contributed by atoms with Crippen molar-refractivity contribution in [3.05, 3.63) is 39.8 Å². The van der Waals surface area contributed by atoms with Crippen LogP contribution in [0.1, 0.15) is 22.4 Å². The predicted octanol–water partition coefficient (Wildman–Crippen LogP) is 2.05. The molecule has 0 amide bonds. The molecule has 0 bridgehead atoms. The third-order valence-electron chi connectivity index (χ3n) is 2.43. The Labute approximate surface area is 93.0 Å². The second-order valence-corrected chi connectivity index (χ2v) is 5.15. The first-order chi connectivity index (χ1) is 7.00. The van der Waals surface area contributed by atoms with Gasteiger partial charge in [-0.15, -0.1) is 11.3 Å². The Hall–Kier alpha value is -1.13. The molecule has 2 heterocycles. The molecule has 1 N–H and O–H groups in total.